The molecule has 4 nitrogen and oxygen atoms in total. The fourth-order valence-corrected chi connectivity index (χ4v) is 2.78. The summed E-state index contributed by atoms with van der Waals surface area (Å²) in [7, 11) is 0. The van der Waals surface area contributed by atoms with Crippen molar-refractivity contribution in [2.24, 2.45) is 0 Å². The Bertz CT molecular complexity index is 1080. The Hall–Kier alpha value is -3.47. The van der Waals surface area contributed by atoms with Gasteiger partial charge in [-0.05, 0) is 36.4 Å². The highest BCUT2D eigenvalue weighted by Gasteiger charge is 2.12. The lowest BCUT2D eigenvalue weighted by atomic mass is 10.1. The van der Waals surface area contributed by atoms with Crippen LogP contribution in [-0.4, -0.2) is 10.5 Å². The molecule has 1 N–H and O–H groups in total. The SMILES string of the molecule is C#CCn1cc(C=C(C#N)C(=O)Nc2ccc(Cl)cc2)c2ccccc21. The molecule has 0 atom stereocenters. The molecule has 1 aromatic heterocycles. The topological polar surface area (TPSA) is 57.8 Å². The Labute approximate surface area is 156 Å². The van der Waals surface area contributed by atoms with Crippen molar-refractivity contribution >= 4 is 40.2 Å². The molecule has 3 aromatic rings. The number of amides is 1. The molecule has 0 unspecified atom stereocenters. The molecule has 26 heavy (non-hydrogen) atoms. The fourth-order valence-electron chi connectivity index (χ4n) is 2.66. The molecule has 0 saturated carbocycles. The van der Waals surface area contributed by atoms with E-state index in [4.69, 9.17) is 18.0 Å². The van der Waals surface area contributed by atoms with Crippen LogP contribution in [0.4, 0.5) is 5.69 Å². The first-order chi connectivity index (χ1) is 12.6. The molecule has 0 fully saturated rings. The minimum absolute atomic E-state index is 0.00330. The lowest BCUT2D eigenvalue weighted by Gasteiger charge is -2.04. The van der Waals surface area contributed by atoms with Crippen molar-refractivity contribution in [3.63, 3.8) is 0 Å². The van der Waals surface area contributed by atoms with Crippen LogP contribution in [-0.2, 0) is 11.3 Å². The number of para-hydroxylation sites is 1. The highest BCUT2D eigenvalue weighted by molar-refractivity contribution is 6.30. The summed E-state index contributed by atoms with van der Waals surface area (Å²) >= 11 is 5.84. The van der Waals surface area contributed by atoms with E-state index >= 15 is 0 Å². The summed E-state index contributed by atoms with van der Waals surface area (Å²) in [5.74, 6) is 2.12. The summed E-state index contributed by atoms with van der Waals surface area (Å²) in [6, 6.07) is 16.3. The molecule has 0 aliphatic rings. The maximum atomic E-state index is 12.4. The highest BCUT2D eigenvalue weighted by atomic mass is 35.5. The second-order valence-corrected chi connectivity index (χ2v) is 6.00. The van der Waals surface area contributed by atoms with Crippen LogP contribution < -0.4 is 5.32 Å². The van der Waals surface area contributed by atoms with E-state index in [1.165, 1.54) is 0 Å². The van der Waals surface area contributed by atoms with Gasteiger partial charge in [0.25, 0.3) is 5.91 Å². The summed E-state index contributed by atoms with van der Waals surface area (Å²) in [5.41, 5.74) is 2.28. The van der Waals surface area contributed by atoms with Crippen LogP contribution in [0.25, 0.3) is 17.0 Å². The number of terminal acetylenes is 1. The van der Waals surface area contributed by atoms with Crippen molar-refractivity contribution in [1.82, 2.24) is 4.57 Å². The number of carbonyl (C=O) groups is 1. The van der Waals surface area contributed by atoms with Crippen LogP contribution in [0.15, 0.2) is 60.3 Å². The van der Waals surface area contributed by atoms with E-state index in [2.05, 4.69) is 11.2 Å². The summed E-state index contributed by atoms with van der Waals surface area (Å²) in [6.45, 7) is 0.410. The maximum absolute atomic E-state index is 12.4. The van der Waals surface area contributed by atoms with Gasteiger partial charge in [0.1, 0.15) is 11.6 Å². The van der Waals surface area contributed by atoms with E-state index in [-0.39, 0.29) is 5.57 Å². The minimum atomic E-state index is -0.483. The molecule has 0 spiro atoms. The molecule has 1 heterocycles. The fraction of sp³-hybridized carbons (Fsp3) is 0.0476. The van der Waals surface area contributed by atoms with E-state index in [1.807, 2.05) is 41.1 Å². The van der Waals surface area contributed by atoms with Gasteiger partial charge in [-0.1, -0.05) is 35.7 Å². The largest absolute Gasteiger partial charge is 0.335 e. The van der Waals surface area contributed by atoms with Crippen molar-refractivity contribution in [3.8, 4) is 18.4 Å². The summed E-state index contributed by atoms with van der Waals surface area (Å²) in [5, 5.41) is 13.6. The maximum Gasteiger partial charge on any atom is 0.266 e. The third-order valence-corrected chi connectivity index (χ3v) is 4.10. The van der Waals surface area contributed by atoms with Gasteiger partial charge in [-0.15, -0.1) is 6.42 Å². The Morgan fingerprint density at radius 2 is 1.96 bits per heavy atom. The number of hydrogen-bond donors (Lipinski definition) is 1. The highest BCUT2D eigenvalue weighted by Crippen LogP contribution is 2.24. The molecule has 1 amide bonds. The van der Waals surface area contributed by atoms with Crippen LogP contribution in [0.5, 0.6) is 0 Å². The third kappa shape index (κ3) is 3.62. The Morgan fingerprint density at radius 1 is 1.23 bits per heavy atom. The first-order valence-electron chi connectivity index (χ1n) is 7.82. The van der Waals surface area contributed by atoms with Gasteiger partial charge in [0, 0.05) is 33.4 Å². The second-order valence-electron chi connectivity index (χ2n) is 5.56. The zero-order chi connectivity index (χ0) is 18.5. The van der Waals surface area contributed by atoms with Crippen LogP contribution >= 0.6 is 11.6 Å². The molecule has 0 saturated heterocycles. The molecule has 2 aromatic carbocycles. The molecule has 0 aliphatic carbocycles. The quantitative estimate of drug-likeness (QED) is 0.424. The van der Waals surface area contributed by atoms with Gasteiger partial charge >= 0.3 is 0 Å². The van der Waals surface area contributed by atoms with Crippen molar-refractivity contribution in [2.45, 2.75) is 6.54 Å². The number of nitriles is 1. The molecule has 5 heteroatoms. The van der Waals surface area contributed by atoms with Crippen LogP contribution in [0.2, 0.25) is 5.02 Å². The number of halogens is 1. The van der Waals surface area contributed by atoms with Gasteiger partial charge in [0.15, 0.2) is 0 Å². The number of nitrogens with one attached hydrogen (secondary N) is 1. The first-order valence-corrected chi connectivity index (χ1v) is 8.20. The average Bonchev–Trinajstić information content (AvgIpc) is 2.99. The van der Waals surface area contributed by atoms with Gasteiger partial charge in [-0.2, -0.15) is 5.26 Å². The number of anilines is 1. The monoisotopic (exact) mass is 359 g/mol. The van der Waals surface area contributed by atoms with E-state index in [9.17, 15) is 10.1 Å². The van der Waals surface area contributed by atoms with Gasteiger partial charge in [0.2, 0.25) is 0 Å². The normalized spacial score (nSPS) is 11.0. The predicted molar refractivity (Wildman–Crippen MR) is 104 cm³/mol. The van der Waals surface area contributed by atoms with Crippen molar-refractivity contribution in [1.29, 1.82) is 5.26 Å². The predicted octanol–water partition coefficient (Wildman–Crippen LogP) is 4.47. The van der Waals surface area contributed by atoms with Gasteiger partial charge in [-0.25, -0.2) is 0 Å². The van der Waals surface area contributed by atoms with Crippen LogP contribution in [0.1, 0.15) is 5.56 Å². The molecule has 0 bridgehead atoms. The zero-order valence-corrected chi connectivity index (χ0v) is 14.5. The zero-order valence-electron chi connectivity index (χ0n) is 13.7. The number of benzene rings is 2. The lowest BCUT2D eigenvalue weighted by molar-refractivity contribution is -0.112. The Kier molecular flexibility index (Phi) is 5.08. The Morgan fingerprint density at radius 3 is 2.65 bits per heavy atom. The third-order valence-electron chi connectivity index (χ3n) is 3.85. The van der Waals surface area contributed by atoms with E-state index in [0.717, 1.165) is 16.5 Å². The molecule has 126 valence electrons. The van der Waals surface area contributed by atoms with Crippen molar-refractivity contribution < 1.29 is 4.79 Å². The minimum Gasteiger partial charge on any atom is -0.335 e. The van der Waals surface area contributed by atoms with E-state index < -0.39 is 5.91 Å². The molecule has 0 radical (unpaired) electrons. The van der Waals surface area contributed by atoms with E-state index in [1.54, 1.807) is 30.3 Å². The average molecular weight is 360 g/mol. The molecular formula is C21H14ClN3O. The number of fused-ring (bicyclic) bond motifs is 1. The van der Waals surface area contributed by atoms with Crippen molar-refractivity contribution in [3.05, 3.63) is 70.9 Å². The van der Waals surface area contributed by atoms with Crippen LogP contribution in [0.3, 0.4) is 0 Å². The van der Waals surface area contributed by atoms with Crippen molar-refractivity contribution in [2.75, 3.05) is 5.32 Å². The second kappa shape index (κ2) is 7.61. The van der Waals surface area contributed by atoms with Crippen LogP contribution in [0, 0.1) is 23.7 Å². The molecular weight excluding hydrogens is 346 g/mol. The summed E-state index contributed by atoms with van der Waals surface area (Å²) < 4.78 is 1.91. The standard InChI is InChI=1S/C21H14ClN3O/c1-2-11-25-14-16(19-5-3-4-6-20(19)25)12-15(13-23)21(26)24-18-9-7-17(22)8-10-18/h1,3-10,12,14H,11H2,(H,24,26). The number of aromatic nitrogens is 1. The Balaban J connectivity index is 1.95. The lowest BCUT2D eigenvalue weighted by Crippen LogP contribution is -2.13. The molecule has 0 aliphatic heterocycles. The first kappa shape index (κ1) is 17.4. The van der Waals surface area contributed by atoms with Gasteiger partial charge in [0.05, 0.1) is 6.54 Å². The number of nitrogens with zero attached hydrogens (tertiary/aromatic N) is 2. The van der Waals surface area contributed by atoms with E-state index in [0.29, 0.717) is 17.3 Å². The summed E-state index contributed by atoms with van der Waals surface area (Å²) in [4.78, 5) is 12.4. The summed E-state index contributed by atoms with van der Waals surface area (Å²) in [6.07, 6.45) is 8.84. The smallest absolute Gasteiger partial charge is 0.266 e. The molecule has 3 rings (SSSR count). The van der Waals surface area contributed by atoms with Gasteiger partial charge in [-0.3, -0.25) is 4.79 Å². The number of rotatable bonds is 4. The van der Waals surface area contributed by atoms with Gasteiger partial charge < -0.3 is 9.88 Å². The number of carbonyl (C=O) groups excluding carboxylic acids is 1. The number of hydrogen-bond acceptors (Lipinski definition) is 2.